The second-order valence-corrected chi connectivity index (χ2v) is 18.4. The van der Waals surface area contributed by atoms with Gasteiger partial charge in [0, 0.05) is 19.3 Å². The SMILES string of the molecule is CCCCC/C=C\C=C\C(=O)CCCCCCCC(=O)OC[C@H](COP(=O)(O)OC1[C@H](O)[C@H](O)C(O)[C@H](O)[C@H]1O)OC(=O)CCCCCCCCCCC/C=C\C/C=C\CCCCC. The third kappa shape index (κ3) is 30.6. The van der Waals surface area contributed by atoms with E-state index in [1.807, 2.05) is 6.08 Å². The Morgan fingerprint density at radius 1 is 0.531 bits per heavy atom. The number of phosphoric ester groups is 1. The molecule has 0 aliphatic heterocycles. The van der Waals surface area contributed by atoms with Crippen molar-refractivity contribution in [3.05, 3.63) is 48.6 Å². The van der Waals surface area contributed by atoms with Crippen LogP contribution in [0.2, 0.25) is 0 Å². The van der Waals surface area contributed by atoms with Gasteiger partial charge in [0.1, 0.15) is 43.2 Å². The lowest BCUT2D eigenvalue weighted by Crippen LogP contribution is -2.64. The number of carbonyl (C=O) groups is 3. The van der Waals surface area contributed by atoms with Crippen molar-refractivity contribution in [3.63, 3.8) is 0 Å². The Hall–Kier alpha value is -2.52. The molecule has 8 atom stereocenters. The van der Waals surface area contributed by atoms with Crippen molar-refractivity contribution in [2.75, 3.05) is 13.2 Å². The van der Waals surface area contributed by atoms with Gasteiger partial charge >= 0.3 is 19.8 Å². The molecule has 1 aliphatic carbocycles. The summed E-state index contributed by atoms with van der Waals surface area (Å²) in [6.07, 6.45) is 28.3. The number of aliphatic hydroxyl groups excluding tert-OH is 5. The van der Waals surface area contributed by atoms with Crippen LogP contribution in [0.3, 0.4) is 0 Å². The van der Waals surface area contributed by atoms with Crippen LogP contribution in [0.5, 0.6) is 0 Å². The molecule has 0 aromatic rings. The number of hydrogen-bond acceptors (Lipinski definition) is 13. The molecular weight excluding hydrogens is 843 g/mol. The fourth-order valence-electron chi connectivity index (χ4n) is 7.12. The number of hydrogen-bond donors (Lipinski definition) is 6. The average Bonchev–Trinajstić information content (AvgIpc) is 3.27. The van der Waals surface area contributed by atoms with Gasteiger partial charge in [0.25, 0.3) is 0 Å². The van der Waals surface area contributed by atoms with E-state index < -0.39 is 75.7 Å². The molecule has 1 saturated carbocycles. The molecule has 0 bridgehead atoms. The summed E-state index contributed by atoms with van der Waals surface area (Å²) in [6.45, 7) is 3.12. The monoisotopic (exact) mass is 929 g/mol. The van der Waals surface area contributed by atoms with Gasteiger partial charge in [-0.25, -0.2) is 4.57 Å². The highest BCUT2D eigenvalue weighted by Gasteiger charge is 2.51. The van der Waals surface area contributed by atoms with Crippen molar-refractivity contribution >= 4 is 25.5 Å². The van der Waals surface area contributed by atoms with E-state index in [-0.39, 0.29) is 18.6 Å². The number of esters is 2. The van der Waals surface area contributed by atoms with Crippen LogP contribution in [0.25, 0.3) is 0 Å². The van der Waals surface area contributed by atoms with Gasteiger partial charge in [0.15, 0.2) is 11.9 Å². The Kier molecular flexibility index (Phi) is 35.9. The van der Waals surface area contributed by atoms with Gasteiger partial charge in [-0.2, -0.15) is 0 Å². The summed E-state index contributed by atoms with van der Waals surface area (Å²) < 4.78 is 33.5. The molecular formula is C49H85O14P. The first-order valence-corrected chi connectivity index (χ1v) is 25.9. The zero-order valence-electron chi connectivity index (χ0n) is 39.1. The predicted octanol–water partition coefficient (Wildman–Crippen LogP) is 9.13. The van der Waals surface area contributed by atoms with E-state index in [0.29, 0.717) is 19.3 Å². The number of rotatable bonds is 40. The predicted molar refractivity (Wildman–Crippen MR) is 249 cm³/mol. The van der Waals surface area contributed by atoms with Crippen LogP contribution in [0.1, 0.15) is 187 Å². The first-order valence-electron chi connectivity index (χ1n) is 24.4. The smallest absolute Gasteiger partial charge is 0.462 e. The van der Waals surface area contributed by atoms with E-state index >= 15 is 0 Å². The van der Waals surface area contributed by atoms with E-state index in [4.69, 9.17) is 18.5 Å². The third-order valence-corrected chi connectivity index (χ3v) is 12.1. The fraction of sp³-hybridized carbons (Fsp3) is 0.776. The van der Waals surface area contributed by atoms with Crippen LogP contribution in [-0.2, 0) is 37.5 Å². The second-order valence-electron chi connectivity index (χ2n) is 17.0. The first-order chi connectivity index (χ1) is 30.8. The molecule has 0 aromatic heterocycles. The van der Waals surface area contributed by atoms with Crippen molar-refractivity contribution < 1.29 is 67.9 Å². The highest BCUT2D eigenvalue weighted by molar-refractivity contribution is 7.47. The standard InChI is InChI=1S/C49H85O14P/c1-3-5-7-9-11-12-13-14-15-16-17-18-19-20-21-22-24-28-33-37-43(52)62-41(39-61-64(58,59)63-49-47(56)45(54)44(53)46(55)48(49)57)38-60-42(51)36-32-29-25-27-31-35-40(50)34-30-26-23-10-8-6-4-2/h11-12,14-15,23,26,30,34,41,44-49,53-57H,3-10,13,16-22,24-25,27-29,31-33,35-39H2,1-2H3,(H,58,59)/b12-11-,15-14-,26-23-,34-30+/t41-,44?,45-,46+,47-,48-,49?/m1/s1. The fourth-order valence-corrected chi connectivity index (χ4v) is 8.09. The summed E-state index contributed by atoms with van der Waals surface area (Å²) in [6, 6.07) is 0. The highest BCUT2D eigenvalue weighted by atomic mass is 31.2. The molecule has 14 nitrogen and oxygen atoms in total. The van der Waals surface area contributed by atoms with Crippen LogP contribution >= 0.6 is 7.82 Å². The Morgan fingerprint density at radius 3 is 1.53 bits per heavy atom. The molecule has 0 spiro atoms. The minimum Gasteiger partial charge on any atom is -0.462 e. The van der Waals surface area contributed by atoms with Crippen LogP contribution in [0.4, 0.5) is 0 Å². The lowest BCUT2D eigenvalue weighted by Gasteiger charge is -2.41. The molecule has 3 unspecified atom stereocenters. The number of unbranched alkanes of at least 4 members (excludes halogenated alkanes) is 19. The summed E-state index contributed by atoms with van der Waals surface area (Å²) in [5.41, 5.74) is 0. The van der Waals surface area contributed by atoms with Gasteiger partial charge in [0.05, 0.1) is 6.61 Å². The summed E-state index contributed by atoms with van der Waals surface area (Å²) in [7, 11) is -5.15. The zero-order chi connectivity index (χ0) is 47.3. The topological polar surface area (TPSA) is 227 Å². The Bertz CT molecular complexity index is 1370. The van der Waals surface area contributed by atoms with Gasteiger partial charge in [-0.3, -0.25) is 23.4 Å². The first kappa shape index (κ1) is 59.5. The molecule has 0 heterocycles. The van der Waals surface area contributed by atoms with Gasteiger partial charge in [-0.15, -0.1) is 0 Å². The normalized spacial score (nSPS) is 21.9. The van der Waals surface area contributed by atoms with E-state index in [1.165, 1.54) is 64.2 Å². The summed E-state index contributed by atoms with van der Waals surface area (Å²) in [5, 5.41) is 50.2. The van der Waals surface area contributed by atoms with Crippen molar-refractivity contribution in [1.82, 2.24) is 0 Å². The average molecular weight is 929 g/mol. The molecule has 0 radical (unpaired) electrons. The number of ether oxygens (including phenoxy) is 2. The van der Waals surface area contributed by atoms with Crippen molar-refractivity contribution in [2.24, 2.45) is 0 Å². The Morgan fingerprint density at radius 2 is 0.984 bits per heavy atom. The largest absolute Gasteiger partial charge is 0.472 e. The van der Waals surface area contributed by atoms with Crippen LogP contribution in [-0.4, -0.2) is 104 Å². The maximum Gasteiger partial charge on any atom is 0.472 e. The number of aliphatic hydroxyl groups is 5. The van der Waals surface area contributed by atoms with Crippen LogP contribution in [0.15, 0.2) is 48.6 Å². The molecule has 1 fully saturated rings. The van der Waals surface area contributed by atoms with Gasteiger partial charge in [-0.05, 0) is 70.3 Å². The second kappa shape index (κ2) is 38.6. The maximum absolute atomic E-state index is 12.8. The highest BCUT2D eigenvalue weighted by Crippen LogP contribution is 2.47. The number of allylic oxidation sites excluding steroid dienone is 8. The molecule has 1 aliphatic rings. The van der Waals surface area contributed by atoms with Gasteiger partial charge < -0.3 is 39.9 Å². The lowest BCUT2D eigenvalue weighted by atomic mass is 9.85. The van der Waals surface area contributed by atoms with Crippen molar-refractivity contribution in [3.8, 4) is 0 Å². The molecule has 0 aromatic carbocycles. The minimum atomic E-state index is -5.15. The summed E-state index contributed by atoms with van der Waals surface area (Å²) in [4.78, 5) is 47.8. The number of carbonyl (C=O) groups excluding carboxylic acids is 3. The quantitative estimate of drug-likeness (QED) is 0.00842. The summed E-state index contributed by atoms with van der Waals surface area (Å²) >= 11 is 0. The van der Waals surface area contributed by atoms with E-state index in [2.05, 4.69) is 44.2 Å². The summed E-state index contributed by atoms with van der Waals surface area (Å²) in [5.74, 6) is -1.12. The molecule has 370 valence electrons. The van der Waals surface area contributed by atoms with Crippen LogP contribution in [0, 0.1) is 0 Å². The van der Waals surface area contributed by atoms with E-state index in [0.717, 1.165) is 77.0 Å². The van der Waals surface area contributed by atoms with Crippen molar-refractivity contribution in [2.45, 2.75) is 230 Å². The maximum atomic E-state index is 12.8. The molecule has 1 rings (SSSR count). The lowest BCUT2D eigenvalue weighted by molar-refractivity contribution is -0.220. The molecule has 64 heavy (non-hydrogen) atoms. The molecule has 0 saturated heterocycles. The minimum absolute atomic E-state index is 0.0660. The van der Waals surface area contributed by atoms with Gasteiger partial charge in [-0.1, -0.05) is 146 Å². The molecule has 6 N–H and O–H groups in total. The number of phosphoric acid groups is 1. The third-order valence-electron chi connectivity index (χ3n) is 11.1. The molecule has 15 heteroatoms. The van der Waals surface area contributed by atoms with E-state index in [9.17, 15) is 49.4 Å². The van der Waals surface area contributed by atoms with Crippen LogP contribution < -0.4 is 0 Å². The van der Waals surface area contributed by atoms with Gasteiger partial charge in [0.2, 0.25) is 0 Å². The van der Waals surface area contributed by atoms with E-state index in [1.54, 1.807) is 12.2 Å². The number of ketones is 1. The molecule has 0 amide bonds. The Balaban J connectivity index is 2.46. The zero-order valence-corrected chi connectivity index (χ0v) is 40.0. The Labute approximate surface area is 384 Å². The van der Waals surface area contributed by atoms with Crippen molar-refractivity contribution in [1.29, 1.82) is 0 Å².